The van der Waals surface area contributed by atoms with E-state index < -0.39 is 5.91 Å². The lowest BCUT2D eigenvalue weighted by Gasteiger charge is -2.28. The molecule has 8 nitrogen and oxygen atoms in total. The molecule has 1 unspecified atom stereocenters. The number of carbonyl (C=O) groups is 1. The number of ether oxygens (including phenoxy) is 1. The maximum Gasteiger partial charge on any atom is 0.254 e. The smallest absolute Gasteiger partial charge is 0.254 e. The largest absolute Gasteiger partial charge is 0.393 e. The van der Waals surface area contributed by atoms with Gasteiger partial charge in [0.15, 0.2) is 0 Å². The van der Waals surface area contributed by atoms with Crippen LogP contribution in [0.5, 0.6) is 0 Å². The number of hydrogen-bond acceptors (Lipinski definition) is 7. The zero-order valence-electron chi connectivity index (χ0n) is 13.7. The Hall–Kier alpha value is -1.93. The molecule has 1 aromatic rings. The van der Waals surface area contributed by atoms with E-state index in [4.69, 9.17) is 10.5 Å². The summed E-state index contributed by atoms with van der Waals surface area (Å²) < 4.78 is 5.44. The molecule has 1 aliphatic heterocycles. The first-order valence-electron chi connectivity index (χ1n) is 8.57. The summed E-state index contributed by atoms with van der Waals surface area (Å²) in [6.45, 7) is 1.41. The Labute approximate surface area is 141 Å². The van der Waals surface area contributed by atoms with E-state index in [1.807, 2.05) is 0 Å². The number of amides is 1. The van der Waals surface area contributed by atoms with Crippen LogP contribution in [0.4, 0.5) is 11.8 Å². The second-order valence-corrected chi connectivity index (χ2v) is 6.54. The van der Waals surface area contributed by atoms with Crippen LogP contribution in [0.2, 0.25) is 0 Å². The number of aromatic nitrogens is 2. The highest BCUT2D eigenvalue weighted by atomic mass is 16.5. The van der Waals surface area contributed by atoms with Gasteiger partial charge in [0.2, 0.25) is 5.95 Å². The summed E-state index contributed by atoms with van der Waals surface area (Å²) in [7, 11) is 0. The molecule has 0 bridgehead atoms. The third kappa shape index (κ3) is 4.33. The number of aliphatic hydroxyl groups excluding tert-OH is 1. The summed E-state index contributed by atoms with van der Waals surface area (Å²) in [5, 5.41) is 16.3. The van der Waals surface area contributed by atoms with Gasteiger partial charge in [0, 0.05) is 18.8 Å². The van der Waals surface area contributed by atoms with Crippen LogP contribution in [0.1, 0.15) is 48.9 Å². The van der Waals surface area contributed by atoms with Gasteiger partial charge in [-0.15, -0.1) is 0 Å². The summed E-state index contributed by atoms with van der Waals surface area (Å²) in [6.07, 6.45) is 6.47. The zero-order chi connectivity index (χ0) is 16.9. The maximum atomic E-state index is 11.6. The minimum Gasteiger partial charge on any atom is -0.393 e. The van der Waals surface area contributed by atoms with E-state index >= 15 is 0 Å². The first kappa shape index (κ1) is 16.9. The Morgan fingerprint density at radius 1 is 1.25 bits per heavy atom. The highest BCUT2D eigenvalue weighted by Crippen LogP contribution is 2.24. The molecule has 1 aromatic heterocycles. The second-order valence-electron chi connectivity index (χ2n) is 6.54. The lowest BCUT2D eigenvalue weighted by molar-refractivity contribution is 0.0874. The van der Waals surface area contributed by atoms with Crippen molar-refractivity contribution in [2.45, 2.75) is 56.7 Å². The van der Waals surface area contributed by atoms with Crippen molar-refractivity contribution in [1.29, 1.82) is 0 Å². The molecule has 2 fully saturated rings. The second kappa shape index (κ2) is 7.76. The van der Waals surface area contributed by atoms with E-state index in [1.165, 1.54) is 6.20 Å². The molecule has 8 heteroatoms. The first-order chi connectivity index (χ1) is 11.6. The Kier molecular flexibility index (Phi) is 5.47. The van der Waals surface area contributed by atoms with Gasteiger partial charge in [0.1, 0.15) is 5.82 Å². The van der Waals surface area contributed by atoms with E-state index in [-0.39, 0.29) is 23.8 Å². The van der Waals surface area contributed by atoms with Gasteiger partial charge in [-0.1, -0.05) is 0 Å². The van der Waals surface area contributed by atoms with Crippen molar-refractivity contribution in [1.82, 2.24) is 9.97 Å². The fraction of sp³-hybridized carbons (Fsp3) is 0.688. The summed E-state index contributed by atoms with van der Waals surface area (Å²) in [5.41, 5.74) is 5.70. The van der Waals surface area contributed by atoms with Crippen LogP contribution in [0, 0.1) is 0 Å². The quantitative estimate of drug-likeness (QED) is 0.630. The molecule has 3 rings (SSSR count). The zero-order valence-corrected chi connectivity index (χ0v) is 13.7. The molecule has 0 radical (unpaired) electrons. The Balaban J connectivity index is 1.73. The average Bonchev–Trinajstić information content (AvgIpc) is 2.56. The van der Waals surface area contributed by atoms with Crippen molar-refractivity contribution in [2.75, 3.05) is 23.8 Å². The van der Waals surface area contributed by atoms with Crippen molar-refractivity contribution in [3.8, 4) is 0 Å². The number of nitrogens with zero attached hydrogens (tertiary/aromatic N) is 2. The molecule has 3 atom stereocenters. The van der Waals surface area contributed by atoms with Crippen LogP contribution < -0.4 is 16.4 Å². The summed E-state index contributed by atoms with van der Waals surface area (Å²) in [4.78, 5) is 20.3. The molecule has 132 valence electrons. The van der Waals surface area contributed by atoms with Crippen LogP contribution in [0.25, 0.3) is 0 Å². The van der Waals surface area contributed by atoms with Crippen LogP contribution >= 0.6 is 0 Å². The predicted octanol–water partition coefficient (Wildman–Crippen LogP) is 0.882. The number of carbonyl (C=O) groups excluding carboxylic acids is 1. The minimum atomic E-state index is -0.568. The van der Waals surface area contributed by atoms with Crippen molar-refractivity contribution < 1.29 is 14.6 Å². The first-order valence-corrected chi connectivity index (χ1v) is 8.57. The van der Waals surface area contributed by atoms with Gasteiger partial charge in [-0.3, -0.25) is 4.79 Å². The van der Waals surface area contributed by atoms with Gasteiger partial charge in [-0.2, -0.15) is 4.98 Å². The van der Waals surface area contributed by atoms with Crippen LogP contribution in [-0.2, 0) is 4.74 Å². The third-order valence-electron chi connectivity index (χ3n) is 4.54. The molecule has 5 N–H and O–H groups in total. The molecule has 1 aliphatic carbocycles. The van der Waals surface area contributed by atoms with Gasteiger partial charge in [0.25, 0.3) is 5.91 Å². The Morgan fingerprint density at radius 3 is 2.79 bits per heavy atom. The number of rotatable bonds is 5. The maximum absolute atomic E-state index is 11.6. The molecule has 1 saturated carbocycles. The monoisotopic (exact) mass is 335 g/mol. The van der Waals surface area contributed by atoms with Crippen LogP contribution in [0.3, 0.4) is 0 Å². The average molecular weight is 335 g/mol. The number of nitrogens with one attached hydrogen (secondary N) is 2. The van der Waals surface area contributed by atoms with Crippen molar-refractivity contribution in [3.63, 3.8) is 0 Å². The molecule has 1 saturated heterocycles. The molecule has 2 aliphatic rings. The lowest BCUT2D eigenvalue weighted by atomic mass is 9.93. The molecule has 1 amide bonds. The highest BCUT2D eigenvalue weighted by molar-refractivity contribution is 5.97. The van der Waals surface area contributed by atoms with Crippen LogP contribution in [-0.4, -0.2) is 52.4 Å². The molecule has 0 aromatic carbocycles. The fourth-order valence-electron chi connectivity index (χ4n) is 3.27. The molecular formula is C16H25N5O3. The number of hydrogen-bond donors (Lipinski definition) is 4. The van der Waals surface area contributed by atoms with Gasteiger partial charge >= 0.3 is 0 Å². The van der Waals surface area contributed by atoms with Crippen molar-refractivity contribution in [2.24, 2.45) is 5.73 Å². The molecular weight excluding hydrogens is 310 g/mol. The summed E-state index contributed by atoms with van der Waals surface area (Å²) in [5.74, 6) is 0.312. The van der Waals surface area contributed by atoms with Gasteiger partial charge in [0.05, 0.1) is 24.3 Å². The Bertz CT molecular complexity index is 577. The highest BCUT2D eigenvalue weighted by Gasteiger charge is 2.23. The predicted molar refractivity (Wildman–Crippen MR) is 89.9 cm³/mol. The topological polar surface area (TPSA) is 122 Å². The fourth-order valence-corrected chi connectivity index (χ4v) is 3.27. The van der Waals surface area contributed by atoms with E-state index in [2.05, 4.69) is 20.6 Å². The summed E-state index contributed by atoms with van der Waals surface area (Å²) in [6, 6.07) is 0.246. The van der Waals surface area contributed by atoms with E-state index in [0.717, 1.165) is 38.7 Å². The molecule has 0 spiro atoms. The van der Waals surface area contributed by atoms with E-state index in [0.29, 0.717) is 24.8 Å². The standard InChI is InChI=1S/C16H25N5O3/c17-14(23)13-8-18-16(20-11-4-2-6-24-9-11)21-15(13)19-10-3-1-5-12(22)7-10/h8,10-12,22H,1-7,9H2,(H2,17,23)(H2,18,19,20,21)/t10?,11-,12+/m1/s1. The Morgan fingerprint density at radius 2 is 2.08 bits per heavy atom. The van der Waals surface area contributed by atoms with Crippen molar-refractivity contribution in [3.05, 3.63) is 11.8 Å². The number of nitrogens with two attached hydrogens (primary N) is 1. The van der Waals surface area contributed by atoms with Crippen molar-refractivity contribution >= 4 is 17.7 Å². The minimum absolute atomic E-state index is 0.0765. The third-order valence-corrected chi connectivity index (χ3v) is 4.54. The van der Waals surface area contributed by atoms with Gasteiger partial charge in [-0.25, -0.2) is 4.98 Å². The van der Waals surface area contributed by atoms with Gasteiger partial charge in [-0.05, 0) is 38.5 Å². The SMILES string of the molecule is NC(=O)c1cnc(N[C@@H]2CCCOC2)nc1NC1CCC[C@H](O)C1. The summed E-state index contributed by atoms with van der Waals surface area (Å²) >= 11 is 0. The van der Waals surface area contributed by atoms with E-state index in [1.54, 1.807) is 0 Å². The lowest BCUT2D eigenvalue weighted by Crippen LogP contribution is -2.33. The number of aliphatic hydroxyl groups is 1. The normalized spacial score (nSPS) is 27.5. The number of primary amides is 1. The van der Waals surface area contributed by atoms with Gasteiger partial charge < -0.3 is 26.2 Å². The molecule has 2 heterocycles. The molecule has 24 heavy (non-hydrogen) atoms. The van der Waals surface area contributed by atoms with Crippen LogP contribution in [0.15, 0.2) is 6.20 Å². The number of anilines is 2. The van der Waals surface area contributed by atoms with E-state index in [9.17, 15) is 9.90 Å².